The third kappa shape index (κ3) is 5.31. The molecule has 3 N–H and O–H groups in total. The standard InChI is InChI=1S/C14H29NO/c1-11(2)8-9-13(16)10-14(15)12-6-4-3-5-7-12/h11-14,16H,3-10,15H2,1-2H3/t13-,14-/m0/s1. The largest absolute Gasteiger partial charge is 0.393 e. The number of hydrogen-bond acceptors (Lipinski definition) is 2. The van der Waals surface area contributed by atoms with Gasteiger partial charge in [0.25, 0.3) is 0 Å². The minimum absolute atomic E-state index is 0.181. The average molecular weight is 227 g/mol. The van der Waals surface area contributed by atoms with Gasteiger partial charge >= 0.3 is 0 Å². The van der Waals surface area contributed by atoms with Crippen LogP contribution in [0.1, 0.15) is 65.2 Å². The molecule has 0 aromatic carbocycles. The molecule has 0 heterocycles. The highest BCUT2D eigenvalue weighted by Crippen LogP contribution is 2.27. The van der Waals surface area contributed by atoms with Crippen molar-refractivity contribution >= 4 is 0 Å². The molecule has 0 aliphatic heterocycles. The highest BCUT2D eigenvalue weighted by Gasteiger charge is 2.22. The molecule has 0 aromatic heterocycles. The zero-order valence-electron chi connectivity index (χ0n) is 11.0. The summed E-state index contributed by atoms with van der Waals surface area (Å²) in [5.41, 5.74) is 6.20. The lowest BCUT2D eigenvalue weighted by molar-refractivity contribution is 0.123. The number of rotatable bonds is 6. The summed E-state index contributed by atoms with van der Waals surface area (Å²) in [6.45, 7) is 4.40. The number of aliphatic hydroxyl groups excluding tert-OH is 1. The van der Waals surface area contributed by atoms with Crippen LogP contribution in [0.15, 0.2) is 0 Å². The summed E-state index contributed by atoms with van der Waals surface area (Å²) < 4.78 is 0. The van der Waals surface area contributed by atoms with Gasteiger partial charge in [0.1, 0.15) is 0 Å². The normalized spacial score (nSPS) is 22.3. The van der Waals surface area contributed by atoms with Crippen molar-refractivity contribution in [1.29, 1.82) is 0 Å². The maximum Gasteiger partial charge on any atom is 0.0555 e. The van der Waals surface area contributed by atoms with Gasteiger partial charge in [0.15, 0.2) is 0 Å². The van der Waals surface area contributed by atoms with Crippen LogP contribution in [0.25, 0.3) is 0 Å². The van der Waals surface area contributed by atoms with Gasteiger partial charge < -0.3 is 10.8 Å². The van der Waals surface area contributed by atoms with Crippen molar-refractivity contribution in [2.75, 3.05) is 0 Å². The van der Waals surface area contributed by atoms with Gasteiger partial charge in [0, 0.05) is 6.04 Å². The summed E-state index contributed by atoms with van der Waals surface area (Å²) in [5.74, 6) is 1.35. The molecule has 0 saturated heterocycles. The Labute approximate surface area is 101 Å². The molecule has 0 bridgehead atoms. The third-order valence-electron chi connectivity index (χ3n) is 3.88. The second-order valence-electron chi connectivity index (χ2n) is 5.92. The predicted octanol–water partition coefficient (Wildman–Crippen LogP) is 3.08. The molecule has 2 heteroatoms. The molecule has 0 unspecified atom stereocenters. The zero-order valence-corrected chi connectivity index (χ0v) is 11.0. The van der Waals surface area contributed by atoms with Crippen molar-refractivity contribution in [2.24, 2.45) is 17.6 Å². The lowest BCUT2D eigenvalue weighted by Gasteiger charge is -2.29. The molecule has 1 aliphatic rings. The summed E-state index contributed by atoms with van der Waals surface area (Å²) in [4.78, 5) is 0. The fourth-order valence-electron chi connectivity index (χ4n) is 2.71. The van der Waals surface area contributed by atoms with Crippen LogP contribution in [-0.4, -0.2) is 17.3 Å². The average Bonchev–Trinajstić information content (AvgIpc) is 2.27. The molecule has 0 spiro atoms. The van der Waals surface area contributed by atoms with Gasteiger partial charge in [-0.1, -0.05) is 33.1 Å². The van der Waals surface area contributed by atoms with Gasteiger partial charge in [-0.2, -0.15) is 0 Å². The monoisotopic (exact) mass is 227 g/mol. The first-order valence-electron chi connectivity index (χ1n) is 7.03. The molecule has 0 amide bonds. The summed E-state index contributed by atoms with van der Waals surface area (Å²) in [5, 5.41) is 9.92. The summed E-state index contributed by atoms with van der Waals surface area (Å²) in [6, 6.07) is 0.225. The van der Waals surface area contributed by atoms with E-state index in [0.29, 0.717) is 11.8 Å². The predicted molar refractivity (Wildman–Crippen MR) is 69.2 cm³/mol. The molecule has 1 aliphatic carbocycles. The van der Waals surface area contributed by atoms with Gasteiger partial charge in [0.05, 0.1) is 6.10 Å². The number of aliphatic hydroxyl groups is 1. The van der Waals surface area contributed by atoms with Crippen LogP contribution in [-0.2, 0) is 0 Å². The van der Waals surface area contributed by atoms with Gasteiger partial charge in [0.2, 0.25) is 0 Å². The van der Waals surface area contributed by atoms with Crippen molar-refractivity contribution in [3.8, 4) is 0 Å². The van der Waals surface area contributed by atoms with Crippen LogP contribution >= 0.6 is 0 Å². The summed E-state index contributed by atoms with van der Waals surface area (Å²) in [6.07, 6.45) is 9.24. The van der Waals surface area contributed by atoms with Gasteiger partial charge in [-0.05, 0) is 43.9 Å². The molecule has 2 nitrogen and oxygen atoms in total. The summed E-state index contributed by atoms with van der Waals surface area (Å²) in [7, 11) is 0. The number of nitrogens with two attached hydrogens (primary N) is 1. The molecule has 0 aromatic rings. The highest BCUT2D eigenvalue weighted by atomic mass is 16.3. The van der Waals surface area contributed by atoms with Gasteiger partial charge in [-0.3, -0.25) is 0 Å². The maximum absolute atomic E-state index is 9.92. The third-order valence-corrected chi connectivity index (χ3v) is 3.88. The Kier molecular flexibility index (Phi) is 6.37. The van der Waals surface area contributed by atoms with E-state index in [2.05, 4.69) is 13.8 Å². The molecule has 0 radical (unpaired) electrons. The van der Waals surface area contributed by atoms with E-state index in [1.165, 1.54) is 32.1 Å². The first kappa shape index (κ1) is 14.0. The van der Waals surface area contributed by atoms with Crippen LogP contribution < -0.4 is 5.73 Å². The van der Waals surface area contributed by atoms with Gasteiger partial charge in [-0.25, -0.2) is 0 Å². The first-order chi connectivity index (χ1) is 7.59. The number of hydrogen-bond donors (Lipinski definition) is 2. The molecular weight excluding hydrogens is 198 g/mol. The van der Waals surface area contributed by atoms with Crippen LogP contribution in [0.5, 0.6) is 0 Å². The Hall–Kier alpha value is -0.0800. The molecule has 2 atom stereocenters. The molecular formula is C14H29NO. The van der Waals surface area contributed by atoms with Crippen LogP contribution in [0.2, 0.25) is 0 Å². The van der Waals surface area contributed by atoms with Crippen LogP contribution in [0.3, 0.4) is 0 Å². The molecule has 96 valence electrons. The SMILES string of the molecule is CC(C)CC[C@H](O)C[C@H](N)C1CCCCC1. The smallest absolute Gasteiger partial charge is 0.0555 e. The minimum atomic E-state index is -0.181. The van der Waals surface area contributed by atoms with E-state index < -0.39 is 0 Å². The second-order valence-corrected chi connectivity index (χ2v) is 5.92. The van der Waals surface area contributed by atoms with E-state index >= 15 is 0 Å². The fourth-order valence-corrected chi connectivity index (χ4v) is 2.71. The Balaban J connectivity index is 2.18. The fraction of sp³-hybridized carbons (Fsp3) is 1.00. The van der Waals surface area contributed by atoms with Gasteiger partial charge in [-0.15, -0.1) is 0 Å². The zero-order chi connectivity index (χ0) is 12.0. The van der Waals surface area contributed by atoms with Crippen molar-refractivity contribution in [3.63, 3.8) is 0 Å². The Bertz CT molecular complexity index is 176. The van der Waals surface area contributed by atoms with Crippen molar-refractivity contribution in [1.82, 2.24) is 0 Å². The first-order valence-corrected chi connectivity index (χ1v) is 7.03. The molecule has 16 heavy (non-hydrogen) atoms. The second kappa shape index (κ2) is 7.29. The Morgan fingerprint density at radius 2 is 1.75 bits per heavy atom. The topological polar surface area (TPSA) is 46.2 Å². The van der Waals surface area contributed by atoms with E-state index in [9.17, 15) is 5.11 Å². The summed E-state index contributed by atoms with van der Waals surface area (Å²) >= 11 is 0. The van der Waals surface area contributed by atoms with Crippen molar-refractivity contribution in [3.05, 3.63) is 0 Å². The van der Waals surface area contributed by atoms with E-state index in [1.54, 1.807) is 0 Å². The lowest BCUT2D eigenvalue weighted by atomic mass is 9.82. The molecule has 1 fully saturated rings. The lowest BCUT2D eigenvalue weighted by Crippen LogP contribution is -2.35. The molecule has 1 saturated carbocycles. The van der Waals surface area contributed by atoms with E-state index in [1.807, 2.05) is 0 Å². The Morgan fingerprint density at radius 1 is 1.12 bits per heavy atom. The van der Waals surface area contributed by atoms with E-state index in [4.69, 9.17) is 5.73 Å². The van der Waals surface area contributed by atoms with E-state index in [0.717, 1.165) is 19.3 Å². The molecule has 1 rings (SSSR count). The highest BCUT2D eigenvalue weighted by molar-refractivity contribution is 4.78. The van der Waals surface area contributed by atoms with Crippen LogP contribution in [0.4, 0.5) is 0 Å². The minimum Gasteiger partial charge on any atom is -0.393 e. The van der Waals surface area contributed by atoms with Crippen LogP contribution in [0, 0.1) is 11.8 Å². The van der Waals surface area contributed by atoms with Crippen molar-refractivity contribution in [2.45, 2.75) is 77.4 Å². The van der Waals surface area contributed by atoms with E-state index in [-0.39, 0.29) is 12.1 Å². The maximum atomic E-state index is 9.92. The van der Waals surface area contributed by atoms with Crippen molar-refractivity contribution < 1.29 is 5.11 Å². The Morgan fingerprint density at radius 3 is 2.31 bits per heavy atom. The quantitative estimate of drug-likeness (QED) is 0.732.